The first-order chi connectivity index (χ1) is 19.1. The van der Waals surface area contributed by atoms with E-state index in [2.05, 4.69) is 95.1 Å². The fraction of sp³-hybridized carbons (Fsp3) is 0.355. The van der Waals surface area contributed by atoms with Crippen molar-refractivity contribution in [1.82, 2.24) is 24.4 Å². The summed E-state index contributed by atoms with van der Waals surface area (Å²) in [7, 11) is 2.07. The third-order valence-corrected chi connectivity index (χ3v) is 7.17. The number of aryl methyl sites for hydroxylation is 1. The highest BCUT2D eigenvalue weighted by atomic mass is 16.3. The highest BCUT2D eigenvalue weighted by Crippen LogP contribution is 2.33. The van der Waals surface area contributed by atoms with Crippen LogP contribution in [0, 0.1) is 18.8 Å². The molecule has 2 aromatic heterocycles. The minimum absolute atomic E-state index is 0.188. The van der Waals surface area contributed by atoms with Gasteiger partial charge < -0.3 is 15.7 Å². The van der Waals surface area contributed by atoms with E-state index in [4.69, 9.17) is 15.8 Å². The lowest BCUT2D eigenvalue weighted by Crippen LogP contribution is -2.47. The van der Waals surface area contributed by atoms with E-state index in [1.807, 2.05) is 10.6 Å². The number of hydrogen-bond donors (Lipinski definition) is 2. The second-order valence-electron chi connectivity index (χ2n) is 10.0. The third-order valence-electron chi connectivity index (χ3n) is 7.17. The minimum Gasteiger partial charge on any atom is -0.395 e. The van der Waals surface area contributed by atoms with Crippen molar-refractivity contribution >= 4 is 11.5 Å². The molecule has 3 N–H and O–H groups in total. The summed E-state index contributed by atoms with van der Waals surface area (Å²) in [5.74, 6) is 7.09. The first-order valence-electron chi connectivity index (χ1n) is 13.5. The molecule has 3 heterocycles. The molecule has 1 aliphatic heterocycles. The van der Waals surface area contributed by atoms with Gasteiger partial charge in [0.25, 0.3) is 0 Å². The van der Waals surface area contributed by atoms with Gasteiger partial charge in [-0.05, 0) is 31.2 Å². The number of piperazine rings is 1. The maximum atomic E-state index is 9.39. The first-order valence-corrected chi connectivity index (χ1v) is 13.5. The van der Waals surface area contributed by atoms with E-state index >= 15 is 0 Å². The molecule has 0 aliphatic carbocycles. The van der Waals surface area contributed by atoms with E-state index in [1.165, 1.54) is 5.56 Å². The number of nitrogens with zero attached hydrogens (tertiary/aromatic N) is 6. The smallest absolute Gasteiger partial charge is 0.166 e. The molecule has 4 aromatic rings. The van der Waals surface area contributed by atoms with Gasteiger partial charge in [-0.25, -0.2) is 4.98 Å². The average Bonchev–Trinajstić information content (AvgIpc) is 3.29. The Balaban J connectivity index is 1.56. The van der Waals surface area contributed by atoms with Crippen molar-refractivity contribution in [3.63, 3.8) is 0 Å². The minimum atomic E-state index is 0.188. The van der Waals surface area contributed by atoms with Crippen LogP contribution in [0.3, 0.4) is 0 Å². The van der Waals surface area contributed by atoms with Crippen LogP contribution in [0.2, 0.25) is 0 Å². The molecule has 1 fully saturated rings. The van der Waals surface area contributed by atoms with Crippen LogP contribution in [0.25, 0.3) is 28.0 Å². The van der Waals surface area contributed by atoms with E-state index in [9.17, 15) is 5.11 Å². The summed E-state index contributed by atoms with van der Waals surface area (Å²) in [6.07, 6.45) is 0. The Hall–Kier alpha value is -3.74. The van der Waals surface area contributed by atoms with Crippen LogP contribution in [0.15, 0.2) is 60.7 Å². The average molecular weight is 524 g/mol. The molecule has 1 aliphatic rings. The number of benzene rings is 2. The lowest BCUT2D eigenvalue weighted by atomic mass is 10.1. The molecule has 0 atom stereocenters. The monoisotopic (exact) mass is 523 g/mol. The number of anilines is 1. The molecule has 0 radical (unpaired) electrons. The molecular formula is C31H37N7O. The molecule has 1 saturated heterocycles. The fourth-order valence-corrected chi connectivity index (χ4v) is 5.23. The Bertz CT molecular complexity index is 1460. The number of aromatic nitrogens is 3. The Kier molecular flexibility index (Phi) is 8.54. The number of hydrogen-bond acceptors (Lipinski definition) is 7. The van der Waals surface area contributed by atoms with Crippen molar-refractivity contribution in [2.24, 2.45) is 5.73 Å². The molecule has 8 heteroatoms. The summed E-state index contributed by atoms with van der Waals surface area (Å²) >= 11 is 0. The second-order valence-corrected chi connectivity index (χ2v) is 10.0. The number of fused-ring (bicyclic) bond motifs is 1. The topological polar surface area (TPSA) is 86.2 Å². The fourth-order valence-electron chi connectivity index (χ4n) is 5.23. The zero-order chi connectivity index (χ0) is 27.2. The van der Waals surface area contributed by atoms with Crippen LogP contribution in [0.4, 0.5) is 5.82 Å². The predicted octanol–water partition coefficient (Wildman–Crippen LogP) is 2.88. The molecular weight excluding hydrogens is 486 g/mol. The summed E-state index contributed by atoms with van der Waals surface area (Å²) < 4.78 is 2.01. The Morgan fingerprint density at radius 1 is 0.974 bits per heavy atom. The summed E-state index contributed by atoms with van der Waals surface area (Å²) in [6.45, 7) is 8.35. The maximum Gasteiger partial charge on any atom is 0.166 e. The SMILES string of the molecule is Cc1nn2c(N3CCN(CCO)CC3)cc(-c3cccc(CN(C)CC#CCN)c3)nc2c1-c1ccccc1. The van der Waals surface area contributed by atoms with Gasteiger partial charge in [0, 0.05) is 56.5 Å². The van der Waals surface area contributed by atoms with Gasteiger partial charge in [-0.2, -0.15) is 9.61 Å². The highest BCUT2D eigenvalue weighted by molar-refractivity contribution is 5.83. The van der Waals surface area contributed by atoms with E-state index in [0.717, 1.165) is 72.3 Å². The molecule has 39 heavy (non-hydrogen) atoms. The van der Waals surface area contributed by atoms with Crippen LogP contribution in [0.5, 0.6) is 0 Å². The normalized spacial score (nSPS) is 14.1. The molecule has 0 saturated carbocycles. The van der Waals surface area contributed by atoms with Gasteiger partial charge in [-0.15, -0.1) is 0 Å². The lowest BCUT2D eigenvalue weighted by Gasteiger charge is -2.35. The van der Waals surface area contributed by atoms with Crippen molar-refractivity contribution in [3.8, 4) is 34.2 Å². The van der Waals surface area contributed by atoms with Crippen molar-refractivity contribution in [2.45, 2.75) is 13.5 Å². The summed E-state index contributed by atoms with van der Waals surface area (Å²) in [5, 5.41) is 14.4. The predicted molar refractivity (Wildman–Crippen MR) is 157 cm³/mol. The van der Waals surface area contributed by atoms with Crippen LogP contribution in [0.1, 0.15) is 11.3 Å². The molecule has 8 nitrogen and oxygen atoms in total. The van der Waals surface area contributed by atoms with Gasteiger partial charge in [-0.3, -0.25) is 9.80 Å². The zero-order valence-electron chi connectivity index (χ0n) is 22.8. The van der Waals surface area contributed by atoms with Gasteiger partial charge >= 0.3 is 0 Å². The number of aliphatic hydroxyl groups is 1. The zero-order valence-corrected chi connectivity index (χ0v) is 22.8. The number of nitrogens with two attached hydrogens (primary N) is 1. The van der Waals surface area contributed by atoms with Gasteiger partial charge in [0.2, 0.25) is 0 Å². The van der Waals surface area contributed by atoms with E-state index in [0.29, 0.717) is 19.6 Å². The van der Waals surface area contributed by atoms with Gasteiger partial charge in [0.15, 0.2) is 5.65 Å². The lowest BCUT2D eigenvalue weighted by molar-refractivity contribution is 0.188. The third kappa shape index (κ3) is 6.13. The van der Waals surface area contributed by atoms with Crippen molar-refractivity contribution in [2.75, 3.05) is 64.4 Å². The summed E-state index contributed by atoms with van der Waals surface area (Å²) in [5.41, 5.74) is 12.7. The molecule has 202 valence electrons. The van der Waals surface area contributed by atoms with Crippen molar-refractivity contribution in [1.29, 1.82) is 0 Å². The maximum absolute atomic E-state index is 9.39. The number of aliphatic hydroxyl groups excluding tert-OH is 1. The van der Waals surface area contributed by atoms with Crippen molar-refractivity contribution < 1.29 is 5.11 Å². The first kappa shape index (κ1) is 26.9. The molecule has 0 unspecified atom stereocenters. The van der Waals surface area contributed by atoms with E-state index in [1.54, 1.807) is 0 Å². The quantitative estimate of drug-likeness (QED) is 0.344. The van der Waals surface area contributed by atoms with Gasteiger partial charge in [-0.1, -0.05) is 60.4 Å². The van der Waals surface area contributed by atoms with Crippen LogP contribution < -0.4 is 10.6 Å². The van der Waals surface area contributed by atoms with Crippen LogP contribution in [-0.2, 0) is 6.54 Å². The number of rotatable bonds is 8. The van der Waals surface area contributed by atoms with Crippen LogP contribution in [-0.4, -0.2) is 89.0 Å². The van der Waals surface area contributed by atoms with Gasteiger partial charge in [0.1, 0.15) is 5.82 Å². The molecule has 2 aromatic carbocycles. The van der Waals surface area contributed by atoms with E-state index in [-0.39, 0.29) is 6.61 Å². The molecule has 0 bridgehead atoms. The number of β-amino-alcohol motifs (C(OH)–C–C–N with tert-alkyl or cyclic N) is 1. The highest BCUT2D eigenvalue weighted by Gasteiger charge is 2.23. The van der Waals surface area contributed by atoms with Crippen LogP contribution >= 0.6 is 0 Å². The van der Waals surface area contributed by atoms with E-state index < -0.39 is 0 Å². The summed E-state index contributed by atoms with van der Waals surface area (Å²) in [6, 6.07) is 21.2. The van der Waals surface area contributed by atoms with Crippen molar-refractivity contribution in [3.05, 3.63) is 71.9 Å². The molecule has 5 rings (SSSR count). The second kappa shape index (κ2) is 12.4. The largest absolute Gasteiger partial charge is 0.395 e. The Morgan fingerprint density at radius 3 is 2.49 bits per heavy atom. The summed E-state index contributed by atoms with van der Waals surface area (Å²) in [4.78, 5) is 12.1. The Labute approximate surface area is 230 Å². The molecule has 0 spiro atoms. The molecule has 0 amide bonds. The Morgan fingerprint density at radius 2 is 1.74 bits per heavy atom. The van der Waals surface area contributed by atoms with Gasteiger partial charge in [0.05, 0.1) is 31.1 Å². The standard InChI is InChI=1S/C31H37N7O/c1-24-30(26-10-4-3-5-11-26)31-33-28(27-12-8-9-25(21-27)23-35(2)14-7-6-13-32)22-29(38(31)34-24)37-17-15-36(16-18-37)19-20-39/h3-5,8-12,21-22,39H,13-20,23,32H2,1-2H3.